The summed E-state index contributed by atoms with van der Waals surface area (Å²) < 4.78 is 10.2. The third-order valence-corrected chi connectivity index (χ3v) is 10.9. The Labute approximate surface area is 206 Å². The van der Waals surface area contributed by atoms with Crippen LogP contribution < -0.4 is 0 Å². The predicted octanol–water partition coefficient (Wildman–Crippen LogP) is 5.92. The fourth-order valence-corrected chi connectivity index (χ4v) is 9.27. The summed E-state index contributed by atoms with van der Waals surface area (Å²) in [4.78, 5) is 23.9. The first kappa shape index (κ1) is 26.0. The van der Waals surface area contributed by atoms with E-state index in [0.29, 0.717) is 35.0 Å². The monoisotopic (exact) mass is 476 g/mol. The maximum Gasteiger partial charge on any atom is 0.344 e. The number of esters is 2. The minimum Gasteiger partial charge on any atom is -0.460 e. The van der Waals surface area contributed by atoms with Crippen LogP contribution in [0.3, 0.4) is 0 Å². The third-order valence-electron chi connectivity index (χ3n) is 10.9. The van der Waals surface area contributed by atoms with E-state index in [2.05, 4.69) is 20.8 Å². The van der Waals surface area contributed by atoms with Gasteiger partial charge in [-0.3, -0.25) is 4.79 Å². The second-order valence-electron chi connectivity index (χ2n) is 13.0. The van der Waals surface area contributed by atoms with Gasteiger partial charge in [0.15, 0.2) is 6.61 Å². The highest BCUT2D eigenvalue weighted by Gasteiger charge is 2.60. The summed E-state index contributed by atoms with van der Waals surface area (Å²) in [6.07, 6.45) is 12.1. The second-order valence-corrected chi connectivity index (χ2v) is 13.0. The average molecular weight is 477 g/mol. The average Bonchev–Trinajstić information content (AvgIpc) is 3.13. The molecule has 4 rings (SSSR count). The Morgan fingerprint density at radius 2 is 1.62 bits per heavy atom. The van der Waals surface area contributed by atoms with Crippen LogP contribution in [0.1, 0.15) is 105 Å². The standard InChI is InChI=1S/C29H48O5/c1-18(2)34-27(32)17-33-26(31)11-6-19(3)23-9-10-24-22-8-7-20-16-21(30)12-14-28(20,4)25(22)13-15-29(23,24)5/h18-25,30H,6-17H2,1-5H3/t19-,20-,21-,22+,23-,24+,25+,28+,29-/m1/s1. The number of aliphatic hydroxyl groups excluding tert-OH is 1. The molecule has 9 atom stereocenters. The van der Waals surface area contributed by atoms with Crippen LogP contribution in [-0.4, -0.2) is 35.9 Å². The van der Waals surface area contributed by atoms with Gasteiger partial charge >= 0.3 is 11.9 Å². The molecular formula is C29H48O5. The Hall–Kier alpha value is -1.10. The molecule has 0 unspecified atom stereocenters. The normalized spacial score (nSPS) is 42.3. The smallest absolute Gasteiger partial charge is 0.344 e. The van der Waals surface area contributed by atoms with Crippen LogP contribution in [0, 0.1) is 46.3 Å². The number of ether oxygens (including phenoxy) is 2. The molecule has 0 radical (unpaired) electrons. The minimum atomic E-state index is -0.477. The summed E-state index contributed by atoms with van der Waals surface area (Å²) in [7, 11) is 0. The topological polar surface area (TPSA) is 72.8 Å². The fraction of sp³-hybridized carbons (Fsp3) is 0.931. The van der Waals surface area contributed by atoms with Gasteiger partial charge in [0.1, 0.15) is 0 Å². The van der Waals surface area contributed by atoms with E-state index in [1.165, 1.54) is 44.9 Å². The van der Waals surface area contributed by atoms with Gasteiger partial charge in [0.25, 0.3) is 0 Å². The van der Waals surface area contributed by atoms with Crippen LogP contribution >= 0.6 is 0 Å². The van der Waals surface area contributed by atoms with Crippen molar-refractivity contribution < 1.29 is 24.2 Å². The Kier molecular flexibility index (Phi) is 7.72. The number of aliphatic hydroxyl groups is 1. The van der Waals surface area contributed by atoms with Crippen molar-refractivity contribution in [2.24, 2.45) is 46.3 Å². The lowest BCUT2D eigenvalue weighted by Gasteiger charge is -2.61. The molecule has 5 heteroatoms. The van der Waals surface area contributed by atoms with Gasteiger partial charge in [0.2, 0.25) is 0 Å². The van der Waals surface area contributed by atoms with E-state index in [1.807, 2.05) is 0 Å². The van der Waals surface area contributed by atoms with Crippen molar-refractivity contribution in [1.29, 1.82) is 0 Å². The second kappa shape index (κ2) is 10.1. The lowest BCUT2D eigenvalue weighted by molar-refractivity contribution is -0.161. The molecule has 4 saturated carbocycles. The first-order chi connectivity index (χ1) is 16.0. The largest absolute Gasteiger partial charge is 0.460 e. The van der Waals surface area contributed by atoms with Crippen LogP contribution in [0.4, 0.5) is 0 Å². The number of hydrogen-bond donors (Lipinski definition) is 1. The van der Waals surface area contributed by atoms with Crippen LogP contribution in [0.5, 0.6) is 0 Å². The molecule has 1 N–H and O–H groups in total. The van der Waals surface area contributed by atoms with Crippen molar-refractivity contribution in [2.75, 3.05) is 6.61 Å². The predicted molar refractivity (Wildman–Crippen MR) is 132 cm³/mol. The molecular weight excluding hydrogens is 428 g/mol. The van der Waals surface area contributed by atoms with E-state index in [9.17, 15) is 14.7 Å². The van der Waals surface area contributed by atoms with E-state index in [0.717, 1.165) is 37.0 Å². The van der Waals surface area contributed by atoms with E-state index < -0.39 is 5.97 Å². The highest BCUT2D eigenvalue weighted by atomic mass is 16.6. The van der Waals surface area contributed by atoms with Gasteiger partial charge in [-0.2, -0.15) is 0 Å². The zero-order valence-electron chi connectivity index (χ0n) is 22.2. The van der Waals surface area contributed by atoms with Gasteiger partial charge in [-0.25, -0.2) is 4.79 Å². The van der Waals surface area contributed by atoms with Crippen LogP contribution in [0.15, 0.2) is 0 Å². The van der Waals surface area contributed by atoms with Crippen molar-refractivity contribution in [2.45, 2.75) is 117 Å². The fourth-order valence-electron chi connectivity index (χ4n) is 9.27. The number of rotatable bonds is 7. The van der Waals surface area contributed by atoms with Gasteiger partial charge in [0.05, 0.1) is 12.2 Å². The van der Waals surface area contributed by atoms with Crippen molar-refractivity contribution in [3.05, 3.63) is 0 Å². The molecule has 0 saturated heterocycles. The molecule has 0 aromatic heterocycles. The number of carbonyl (C=O) groups excluding carboxylic acids is 2. The Bertz CT molecular complexity index is 749. The van der Waals surface area contributed by atoms with Crippen LogP contribution in [0.25, 0.3) is 0 Å². The summed E-state index contributed by atoms with van der Waals surface area (Å²) >= 11 is 0. The number of carbonyl (C=O) groups is 2. The van der Waals surface area contributed by atoms with E-state index in [4.69, 9.17) is 9.47 Å². The van der Waals surface area contributed by atoms with E-state index >= 15 is 0 Å². The van der Waals surface area contributed by atoms with Crippen molar-refractivity contribution in [3.8, 4) is 0 Å². The quantitative estimate of drug-likeness (QED) is 0.462. The molecule has 34 heavy (non-hydrogen) atoms. The first-order valence-corrected chi connectivity index (χ1v) is 14.1. The van der Waals surface area contributed by atoms with Crippen molar-refractivity contribution >= 4 is 11.9 Å². The summed E-state index contributed by atoms with van der Waals surface area (Å²) in [5, 5.41) is 10.3. The number of hydrogen-bond acceptors (Lipinski definition) is 5. The maximum absolute atomic E-state index is 12.2. The highest BCUT2D eigenvalue weighted by molar-refractivity contribution is 5.76. The minimum absolute atomic E-state index is 0.0762. The van der Waals surface area contributed by atoms with Gasteiger partial charge in [-0.15, -0.1) is 0 Å². The molecule has 0 bridgehead atoms. The van der Waals surface area contributed by atoms with Gasteiger partial charge in [-0.1, -0.05) is 20.8 Å². The molecule has 4 aliphatic rings. The molecule has 4 fully saturated rings. The molecule has 5 nitrogen and oxygen atoms in total. The van der Waals surface area contributed by atoms with E-state index in [-0.39, 0.29) is 24.8 Å². The van der Waals surface area contributed by atoms with Crippen LogP contribution in [0.2, 0.25) is 0 Å². The summed E-state index contributed by atoms with van der Waals surface area (Å²) in [5.41, 5.74) is 0.802. The lowest BCUT2D eigenvalue weighted by Crippen LogP contribution is -2.54. The summed E-state index contributed by atoms with van der Waals surface area (Å²) in [6.45, 7) is 10.7. The first-order valence-electron chi connectivity index (χ1n) is 14.1. The van der Waals surface area contributed by atoms with Gasteiger partial charge in [-0.05, 0) is 124 Å². The Morgan fingerprint density at radius 3 is 2.35 bits per heavy atom. The third kappa shape index (κ3) is 4.92. The molecule has 4 aliphatic carbocycles. The Balaban J connectivity index is 1.33. The molecule has 0 aromatic carbocycles. The van der Waals surface area contributed by atoms with E-state index in [1.54, 1.807) is 13.8 Å². The summed E-state index contributed by atoms with van der Waals surface area (Å²) in [6, 6.07) is 0. The van der Waals surface area contributed by atoms with Crippen molar-refractivity contribution in [1.82, 2.24) is 0 Å². The molecule has 0 aromatic rings. The maximum atomic E-state index is 12.2. The highest BCUT2D eigenvalue weighted by Crippen LogP contribution is 2.68. The Morgan fingerprint density at radius 1 is 0.912 bits per heavy atom. The number of fused-ring (bicyclic) bond motifs is 5. The van der Waals surface area contributed by atoms with Gasteiger partial charge < -0.3 is 14.6 Å². The summed E-state index contributed by atoms with van der Waals surface area (Å²) in [5.74, 6) is 3.56. The SMILES string of the molecule is CC(C)OC(=O)COC(=O)CC[C@@H](C)[C@H]1CC[C@H]2[C@@H]3CC[C@@H]4C[C@H](O)CC[C@]4(C)[C@H]3CC[C@]12C. The lowest BCUT2D eigenvalue weighted by atomic mass is 9.44. The molecule has 0 amide bonds. The zero-order chi connectivity index (χ0) is 24.7. The molecule has 194 valence electrons. The van der Waals surface area contributed by atoms with Crippen LogP contribution in [-0.2, 0) is 19.1 Å². The molecule has 0 aliphatic heterocycles. The van der Waals surface area contributed by atoms with Crippen molar-refractivity contribution in [3.63, 3.8) is 0 Å². The van der Waals surface area contributed by atoms with Gasteiger partial charge in [0, 0.05) is 6.42 Å². The zero-order valence-corrected chi connectivity index (χ0v) is 22.2. The molecule has 0 heterocycles. The molecule has 0 spiro atoms.